The molecule has 5 nitrogen and oxygen atoms in total. The van der Waals surface area contributed by atoms with Gasteiger partial charge in [-0.25, -0.2) is 4.79 Å². The van der Waals surface area contributed by atoms with Crippen molar-refractivity contribution in [2.24, 2.45) is 0 Å². The summed E-state index contributed by atoms with van der Waals surface area (Å²) in [7, 11) is 0. The van der Waals surface area contributed by atoms with Crippen molar-refractivity contribution in [3.63, 3.8) is 0 Å². The summed E-state index contributed by atoms with van der Waals surface area (Å²) in [6, 6.07) is 3.65. The highest BCUT2D eigenvalue weighted by atomic mass is 19.4. The maximum Gasteiger partial charge on any atom is 0.416 e. The Bertz CT molecular complexity index is 669. The van der Waals surface area contributed by atoms with Crippen molar-refractivity contribution in [2.75, 3.05) is 6.54 Å². The fourth-order valence-corrected chi connectivity index (χ4v) is 3.36. The highest BCUT2D eigenvalue weighted by molar-refractivity contribution is 6.07. The average molecular weight is 342 g/mol. The number of carbonyl (C=O) groups excluding carboxylic acids is 2. The summed E-state index contributed by atoms with van der Waals surface area (Å²) in [5.41, 5.74) is -1.77. The van der Waals surface area contributed by atoms with E-state index in [4.69, 9.17) is 0 Å². The lowest BCUT2D eigenvalue weighted by Crippen LogP contribution is -2.44. The molecular weight excluding hydrogens is 325 g/mol. The lowest BCUT2D eigenvalue weighted by atomic mass is 9.98. The van der Waals surface area contributed by atoms with E-state index in [1.807, 2.05) is 0 Å². The normalized spacial score (nSPS) is 21.4. The summed E-state index contributed by atoms with van der Waals surface area (Å²) >= 11 is 0. The molecule has 2 aliphatic rings. The van der Waals surface area contributed by atoms with E-state index in [0.717, 1.165) is 29.9 Å². The predicted octanol–water partition coefficient (Wildman–Crippen LogP) is 2.60. The number of nitrogens with zero attached hydrogens (tertiary/aromatic N) is 1. The molecule has 1 aromatic carbocycles. The van der Waals surface area contributed by atoms with Gasteiger partial charge in [-0.1, -0.05) is 25.0 Å². The molecule has 1 aliphatic heterocycles. The maximum atomic E-state index is 12.8. The maximum absolute atomic E-state index is 12.8. The lowest BCUT2D eigenvalue weighted by Gasteiger charge is -2.22. The van der Waals surface area contributed by atoms with Crippen LogP contribution in [0.2, 0.25) is 0 Å². The zero-order chi connectivity index (χ0) is 17.5. The number of aliphatic hydroxyl groups is 1. The third-order valence-electron chi connectivity index (χ3n) is 4.66. The van der Waals surface area contributed by atoms with Crippen LogP contribution < -0.4 is 5.32 Å². The van der Waals surface area contributed by atoms with Crippen molar-refractivity contribution in [2.45, 2.75) is 43.5 Å². The fraction of sp³-hybridized carbons (Fsp3) is 0.500. The molecule has 3 rings (SSSR count). The number of halogens is 3. The van der Waals surface area contributed by atoms with Crippen molar-refractivity contribution in [1.82, 2.24) is 10.2 Å². The van der Waals surface area contributed by atoms with Crippen LogP contribution in [0.25, 0.3) is 0 Å². The van der Waals surface area contributed by atoms with Crippen molar-refractivity contribution in [3.8, 4) is 0 Å². The molecule has 1 spiro atoms. The molecule has 1 aliphatic carbocycles. The number of nitrogens with one attached hydrogen (secondary N) is 1. The molecule has 1 aromatic rings. The lowest BCUT2D eigenvalue weighted by molar-refractivity contribution is -0.138. The summed E-state index contributed by atoms with van der Waals surface area (Å²) in [5.74, 6) is -0.406. The molecule has 1 saturated carbocycles. The van der Waals surface area contributed by atoms with Crippen LogP contribution in [0.15, 0.2) is 24.3 Å². The molecule has 0 bridgehead atoms. The Morgan fingerprint density at radius 3 is 2.54 bits per heavy atom. The van der Waals surface area contributed by atoms with E-state index in [1.54, 1.807) is 0 Å². The largest absolute Gasteiger partial charge is 0.416 e. The zero-order valence-corrected chi connectivity index (χ0v) is 12.8. The Balaban J connectivity index is 1.76. The Labute approximate surface area is 136 Å². The smallest absolute Gasteiger partial charge is 0.387 e. The third-order valence-corrected chi connectivity index (χ3v) is 4.66. The summed E-state index contributed by atoms with van der Waals surface area (Å²) < 4.78 is 38.3. The van der Waals surface area contributed by atoms with Crippen LogP contribution in [0.3, 0.4) is 0 Å². The van der Waals surface area contributed by atoms with E-state index < -0.39 is 35.3 Å². The topological polar surface area (TPSA) is 69.6 Å². The number of urea groups is 1. The van der Waals surface area contributed by atoms with Crippen molar-refractivity contribution >= 4 is 11.9 Å². The summed E-state index contributed by atoms with van der Waals surface area (Å²) in [6.45, 7) is -0.367. The van der Waals surface area contributed by atoms with Gasteiger partial charge in [-0.2, -0.15) is 13.2 Å². The Morgan fingerprint density at radius 1 is 1.25 bits per heavy atom. The minimum absolute atomic E-state index is 0.0118. The van der Waals surface area contributed by atoms with Crippen molar-refractivity contribution in [1.29, 1.82) is 0 Å². The molecule has 0 unspecified atom stereocenters. The van der Waals surface area contributed by atoms with Gasteiger partial charge in [-0.15, -0.1) is 0 Å². The molecule has 2 N–H and O–H groups in total. The number of hydrogen-bond acceptors (Lipinski definition) is 3. The van der Waals surface area contributed by atoms with Crippen molar-refractivity contribution in [3.05, 3.63) is 35.4 Å². The number of β-amino-alcohol motifs (C(OH)–C–C–N with tert-alkyl or cyclic N) is 1. The van der Waals surface area contributed by atoms with E-state index in [9.17, 15) is 27.9 Å². The summed E-state index contributed by atoms with van der Waals surface area (Å²) in [5, 5.41) is 12.9. The van der Waals surface area contributed by atoms with Gasteiger partial charge in [-0.05, 0) is 30.5 Å². The number of hydrogen-bond donors (Lipinski definition) is 2. The highest BCUT2D eigenvalue weighted by Gasteiger charge is 2.52. The second-order valence-corrected chi connectivity index (χ2v) is 6.27. The van der Waals surface area contributed by atoms with Crippen LogP contribution in [0.5, 0.6) is 0 Å². The van der Waals surface area contributed by atoms with Gasteiger partial charge in [0.25, 0.3) is 5.91 Å². The van der Waals surface area contributed by atoms with Gasteiger partial charge < -0.3 is 10.4 Å². The van der Waals surface area contributed by atoms with Gasteiger partial charge in [0.05, 0.1) is 18.2 Å². The predicted molar refractivity (Wildman–Crippen MR) is 77.8 cm³/mol. The first-order valence-corrected chi connectivity index (χ1v) is 7.72. The molecule has 1 saturated heterocycles. The average Bonchev–Trinajstić information content (AvgIpc) is 3.08. The molecule has 0 aromatic heterocycles. The number of alkyl halides is 3. The molecule has 1 heterocycles. The Kier molecular flexibility index (Phi) is 4.03. The first kappa shape index (κ1) is 16.8. The van der Waals surface area contributed by atoms with Crippen LogP contribution >= 0.6 is 0 Å². The van der Waals surface area contributed by atoms with Gasteiger partial charge in [0.15, 0.2) is 0 Å². The number of carbonyl (C=O) groups is 2. The minimum Gasteiger partial charge on any atom is -0.387 e. The molecule has 3 amide bonds. The summed E-state index contributed by atoms with van der Waals surface area (Å²) in [6.07, 6.45) is -3.14. The van der Waals surface area contributed by atoms with Gasteiger partial charge in [0.1, 0.15) is 5.54 Å². The third kappa shape index (κ3) is 2.86. The van der Waals surface area contributed by atoms with Crippen LogP contribution in [0.4, 0.5) is 18.0 Å². The molecular formula is C16H17F3N2O3. The standard InChI is InChI=1S/C16H17F3N2O3/c17-16(18,19)11-5-3-4-10(8-11)12(22)9-21-13(23)15(20-14(21)24)6-1-2-7-15/h3-5,8,12,22H,1-2,6-7,9H2,(H,20,24)/t12-/m0/s1. The Morgan fingerprint density at radius 2 is 1.92 bits per heavy atom. The quantitative estimate of drug-likeness (QED) is 0.830. The van der Waals surface area contributed by atoms with Gasteiger partial charge >= 0.3 is 12.2 Å². The molecule has 1 atom stereocenters. The second kappa shape index (κ2) is 5.77. The molecule has 130 valence electrons. The SMILES string of the molecule is O=C1NC2(CCCC2)C(=O)N1C[C@H](O)c1cccc(C(F)(F)F)c1. The van der Waals surface area contributed by atoms with E-state index in [1.165, 1.54) is 12.1 Å². The van der Waals surface area contributed by atoms with Crippen LogP contribution in [-0.2, 0) is 11.0 Å². The minimum atomic E-state index is -4.52. The highest BCUT2D eigenvalue weighted by Crippen LogP contribution is 2.36. The monoisotopic (exact) mass is 342 g/mol. The van der Waals surface area contributed by atoms with E-state index in [-0.39, 0.29) is 12.1 Å². The summed E-state index contributed by atoms with van der Waals surface area (Å²) in [4.78, 5) is 25.4. The van der Waals surface area contributed by atoms with Gasteiger partial charge in [0, 0.05) is 0 Å². The first-order valence-electron chi connectivity index (χ1n) is 7.72. The Hall–Kier alpha value is -2.09. The number of imide groups is 1. The molecule has 24 heavy (non-hydrogen) atoms. The first-order chi connectivity index (χ1) is 11.2. The van der Waals surface area contributed by atoms with Gasteiger partial charge in [0.2, 0.25) is 0 Å². The van der Waals surface area contributed by atoms with E-state index in [0.29, 0.717) is 12.8 Å². The van der Waals surface area contributed by atoms with Crippen molar-refractivity contribution < 1.29 is 27.9 Å². The van der Waals surface area contributed by atoms with Gasteiger partial charge in [-0.3, -0.25) is 9.69 Å². The number of aliphatic hydroxyl groups excluding tert-OH is 1. The molecule has 0 radical (unpaired) electrons. The van der Waals surface area contributed by atoms with Crippen LogP contribution in [0, 0.1) is 0 Å². The zero-order valence-electron chi connectivity index (χ0n) is 12.8. The number of benzene rings is 1. The van der Waals surface area contributed by atoms with E-state index in [2.05, 4.69) is 5.32 Å². The fourth-order valence-electron chi connectivity index (χ4n) is 3.36. The number of amides is 3. The molecule has 2 fully saturated rings. The van der Waals surface area contributed by atoms with Crippen LogP contribution in [0.1, 0.15) is 42.9 Å². The molecule has 8 heteroatoms. The van der Waals surface area contributed by atoms with Crippen LogP contribution in [-0.4, -0.2) is 34.0 Å². The number of rotatable bonds is 3. The van der Waals surface area contributed by atoms with E-state index >= 15 is 0 Å². The second-order valence-electron chi connectivity index (χ2n) is 6.27.